The van der Waals surface area contributed by atoms with Gasteiger partial charge in [-0.3, -0.25) is 20.1 Å². The highest BCUT2D eigenvalue weighted by Crippen LogP contribution is 2.27. The van der Waals surface area contributed by atoms with E-state index in [1.54, 1.807) is 12.1 Å². The van der Waals surface area contributed by atoms with Crippen molar-refractivity contribution in [3.63, 3.8) is 0 Å². The molecule has 0 aliphatic rings. The third-order valence-corrected chi connectivity index (χ3v) is 6.72. The minimum atomic E-state index is -0.927. The molecule has 0 fully saturated rings. The van der Waals surface area contributed by atoms with Crippen LogP contribution in [0.4, 0.5) is 4.79 Å². The molecule has 212 valence electrons. The molecular weight excluding hydrogens is 504 g/mol. The van der Waals surface area contributed by atoms with Gasteiger partial charge in [0.05, 0.1) is 19.2 Å². The minimum Gasteiger partial charge on any atom is -0.496 e. The zero-order valence-electron chi connectivity index (χ0n) is 24.1. The molecule has 2 aromatic carbocycles. The highest BCUT2D eigenvalue weighted by molar-refractivity contribution is 5.95. The summed E-state index contributed by atoms with van der Waals surface area (Å²) >= 11 is 0. The van der Waals surface area contributed by atoms with Gasteiger partial charge >= 0.3 is 12.0 Å². The summed E-state index contributed by atoms with van der Waals surface area (Å²) in [5.74, 6) is -0.124. The Morgan fingerprint density at radius 2 is 1.80 bits per heavy atom. The van der Waals surface area contributed by atoms with Crippen molar-refractivity contribution in [2.45, 2.75) is 65.3 Å². The Labute approximate surface area is 236 Å². The molecule has 8 heteroatoms. The summed E-state index contributed by atoms with van der Waals surface area (Å²) in [5, 5.41) is 20.7. The Morgan fingerprint density at radius 3 is 2.42 bits per heavy atom. The second kappa shape index (κ2) is 13.7. The molecule has 3 aromatic rings. The Balaban J connectivity index is 1.55. The number of benzene rings is 2. The van der Waals surface area contributed by atoms with Crippen LogP contribution in [0.1, 0.15) is 62.9 Å². The number of amidine groups is 1. The van der Waals surface area contributed by atoms with Crippen LogP contribution in [0, 0.1) is 5.41 Å². The van der Waals surface area contributed by atoms with Crippen molar-refractivity contribution in [3.05, 3.63) is 83.0 Å². The lowest BCUT2D eigenvalue weighted by Crippen LogP contribution is -2.43. The molecular formula is C32H40N4O4. The fourth-order valence-electron chi connectivity index (χ4n) is 4.44. The molecule has 0 atom stereocenters. The Kier molecular flexibility index (Phi) is 10.4. The van der Waals surface area contributed by atoms with Gasteiger partial charge in [-0.05, 0) is 66.6 Å². The number of ether oxygens (including phenoxy) is 1. The molecule has 8 nitrogen and oxygen atoms in total. The zero-order valence-corrected chi connectivity index (χ0v) is 24.1. The fourth-order valence-corrected chi connectivity index (χ4v) is 4.44. The Bertz CT molecular complexity index is 1330. The predicted octanol–water partition coefficient (Wildman–Crippen LogP) is 6.21. The summed E-state index contributed by atoms with van der Waals surface area (Å²) < 4.78 is 5.30. The van der Waals surface area contributed by atoms with E-state index in [9.17, 15) is 14.7 Å². The number of nitrogens with zero attached hydrogens (tertiary/aromatic N) is 2. The number of carboxylic acid groups (broad SMARTS) is 1. The Hall–Kier alpha value is -4.20. The lowest BCUT2D eigenvalue weighted by atomic mass is 9.87. The van der Waals surface area contributed by atoms with E-state index < -0.39 is 5.97 Å². The van der Waals surface area contributed by atoms with Gasteiger partial charge < -0.3 is 15.2 Å². The van der Waals surface area contributed by atoms with E-state index in [4.69, 9.17) is 15.1 Å². The number of methoxy groups -OCH3 is 1. The summed E-state index contributed by atoms with van der Waals surface area (Å²) in [6.07, 6.45) is 1.62. The van der Waals surface area contributed by atoms with Gasteiger partial charge in [0.15, 0.2) is 0 Å². The lowest BCUT2D eigenvalue weighted by Gasteiger charge is -2.22. The molecule has 3 N–H and O–H groups in total. The van der Waals surface area contributed by atoms with Gasteiger partial charge in [-0.15, -0.1) is 0 Å². The first-order valence-electron chi connectivity index (χ1n) is 13.6. The first kappa shape index (κ1) is 30.3. The quantitative estimate of drug-likeness (QED) is 0.196. The third kappa shape index (κ3) is 8.40. The number of hydrogen-bond donors (Lipinski definition) is 3. The van der Waals surface area contributed by atoms with Crippen LogP contribution in [0.3, 0.4) is 0 Å². The van der Waals surface area contributed by atoms with E-state index in [1.807, 2.05) is 43.3 Å². The number of aromatic nitrogens is 1. The maximum Gasteiger partial charge on any atom is 0.323 e. The van der Waals surface area contributed by atoms with Crippen LogP contribution in [0.2, 0.25) is 0 Å². The number of amides is 2. The number of aliphatic carboxylic acids is 1. The molecule has 2 amide bonds. The van der Waals surface area contributed by atoms with Gasteiger partial charge in [0.1, 0.15) is 11.6 Å². The number of hydrogen-bond acceptors (Lipinski definition) is 5. The SMILES string of the molecule is CCN(C(=N)CCCc1cccc(-c2ccc(OC)c(CC(=O)O)c2)n1)C(=O)NCc1ccc(C(C)(C)C)cc1. The summed E-state index contributed by atoms with van der Waals surface area (Å²) in [4.78, 5) is 30.3. The van der Waals surface area contributed by atoms with Crippen molar-refractivity contribution in [1.29, 1.82) is 5.41 Å². The second-order valence-corrected chi connectivity index (χ2v) is 10.8. The van der Waals surface area contributed by atoms with Crippen LogP contribution < -0.4 is 10.1 Å². The molecule has 0 unspecified atom stereocenters. The molecule has 0 radical (unpaired) electrons. The van der Waals surface area contributed by atoms with Crippen LogP contribution >= 0.6 is 0 Å². The van der Waals surface area contributed by atoms with Crippen LogP contribution in [0.25, 0.3) is 11.3 Å². The molecule has 0 bridgehead atoms. The van der Waals surface area contributed by atoms with Crippen LogP contribution in [0.15, 0.2) is 60.7 Å². The number of urea groups is 1. The maximum atomic E-state index is 12.8. The normalized spacial score (nSPS) is 11.1. The van der Waals surface area contributed by atoms with E-state index in [1.165, 1.54) is 17.6 Å². The lowest BCUT2D eigenvalue weighted by molar-refractivity contribution is -0.136. The van der Waals surface area contributed by atoms with Crippen molar-refractivity contribution in [2.24, 2.45) is 0 Å². The number of nitrogens with one attached hydrogen (secondary N) is 2. The monoisotopic (exact) mass is 544 g/mol. The first-order chi connectivity index (χ1) is 19.0. The number of pyridine rings is 1. The van der Waals surface area contributed by atoms with Gasteiger partial charge in [-0.1, -0.05) is 51.1 Å². The van der Waals surface area contributed by atoms with E-state index in [0.717, 1.165) is 22.5 Å². The molecule has 1 aromatic heterocycles. The number of carboxylic acids is 1. The number of aryl methyl sites for hydroxylation is 1. The molecule has 1 heterocycles. The molecule has 3 rings (SSSR count). The van der Waals surface area contributed by atoms with Gasteiger partial charge in [-0.2, -0.15) is 0 Å². The van der Waals surface area contributed by atoms with E-state index in [2.05, 4.69) is 38.2 Å². The largest absolute Gasteiger partial charge is 0.496 e. The van der Waals surface area contributed by atoms with E-state index in [0.29, 0.717) is 43.7 Å². The summed E-state index contributed by atoms with van der Waals surface area (Å²) in [5.41, 5.74) is 5.35. The average Bonchev–Trinajstić information content (AvgIpc) is 2.92. The van der Waals surface area contributed by atoms with Crippen molar-refractivity contribution < 1.29 is 19.4 Å². The van der Waals surface area contributed by atoms with Crippen molar-refractivity contribution >= 4 is 17.8 Å². The minimum absolute atomic E-state index is 0.0772. The number of rotatable bonds is 11. The zero-order chi connectivity index (χ0) is 29.3. The topological polar surface area (TPSA) is 116 Å². The standard InChI is InChI=1S/C32H40N4O4/c1-6-36(31(39)34-21-22-13-16-25(17-14-22)32(2,3)4)29(33)12-8-10-26-9-7-11-27(35-26)23-15-18-28(40-5)24(19-23)20-30(37)38/h7,9,11,13-19,33H,6,8,10,12,20-21H2,1-5H3,(H,34,39)(H,37,38). The highest BCUT2D eigenvalue weighted by atomic mass is 16.5. The highest BCUT2D eigenvalue weighted by Gasteiger charge is 2.17. The first-order valence-corrected chi connectivity index (χ1v) is 13.6. The summed E-state index contributed by atoms with van der Waals surface area (Å²) in [6, 6.07) is 19.1. The molecule has 0 aliphatic carbocycles. The maximum absolute atomic E-state index is 12.8. The smallest absolute Gasteiger partial charge is 0.323 e. The van der Waals surface area contributed by atoms with Crippen LogP contribution in [0.5, 0.6) is 5.75 Å². The molecule has 0 aliphatic heterocycles. The molecule has 0 spiro atoms. The fraction of sp³-hybridized carbons (Fsp3) is 0.375. The van der Waals surface area contributed by atoms with Gasteiger partial charge in [0.2, 0.25) is 0 Å². The van der Waals surface area contributed by atoms with Gasteiger partial charge in [0, 0.05) is 36.3 Å². The Morgan fingerprint density at radius 1 is 1.07 bits per heavy atom. The third-order valence-electron chi connectivity index (χ3n) is 6.72. The van der Waals surface area contributed by atoms with Crippen molar-refractivity contribution in [2.75, 3.05) is 13.7 Å². The van der Waals surface area contributed by atoms with Crippen LogP contribution in [-0.2, 0) is 29.6 Å². The van der Waals surface area contributed by atoms with E-state index >= 15 is 0 Å². The summed E-state index contributed by atoms with van der Waals surface area (Å²) in [7, 11) is 1.52. The van der Waals surface area contributed by atoms with Crippen molar-refractivity contribution in [1.82, 2.24) is 15.2 Å². The average molecular weight is 545 g/mol. The van der Waals surface area contributed by atoms with Gasteiger partial charge in [-0.25, -0.2) is 4.79 Å². The van der Waals surface area contributed by atoms with E-state index in [-0.39, 0.29) is 23.7 Å². The predicted molar refractivity (Wildman–Crippen MR) is 158 cm³/mol. The van der Waals surface area contributed by atoms with Crippen LogP contribution in [-0.4, -0.2) is 46.5 Å². The van der Waals surface area contributed by atoms with Gasteiger partial charge in [0.25, 0.3) is 0 Å². The molecule has 0 saturated carbocycles. The summed E-state index contributed by atoms with van der Waals surface area (Å²) in [6.45, 7) is 9.19. The number of carbonyl (C=O) groups is 2. The molecule has 40 heavy (non-hydrogen) atoms. The van der Waals surface area contributed by atoms with Crippen molar-refractivity contribution in [3.8, 4) is 17.0 Å². The second-order valence-electron chi connectivity index (χ2n) is 10.8. The molecule has 0 saturated heterocycles. The number of carbonyl (C=O) groups excluding carboxylic acids is 1.